The summed E-state index contributed by atoms with van der Waals surface area (Å²) in [6.07, 6.45) is 1.31. The van der Waals surface area contributed by atoms with E-state index in [1.807, 2.05) is 80.6 Å². The summed E-state index contributed by atoms with van der Waals surface area (Å²) in [5.74, 6) is 0. The third kappa shape index (κ3) is 8.29. The van der Waals surface area contributed by atoms with E-state index in [1.54, 1.807) is 6.08 Å². The van der Waals surface area contributed by atoms with Crippen molar-refractivity contribution < 1.29 is 28.5 Å². The van der Waals surface area contributed by atoms with E-state index in [0.29, 0.717) is 13.0 Å². The van der Waals surface area contributed by atoms with Crippen LogP contribution in [0.25, 0.3) is 0 Å². The Balaban J connectivity index is 2.15. The van der Waals surface area contributed by atoms with Crippen molar-refractivity contribution in [1.82, 2.24) is 0 Å². The van der Waals surface area contributed by atoms with E-state index in [1.165, 1.54) is 0 Å². The quantitative estimate of drug-likeness (QED) is 0.169. The first kappa shape index (κ1) is 34.4. The van der Waals surface area contributed by atoms with Gasteiger partial charge in [-0.25, -0.2) is 0 Å². The van der Waals surface area contributed by atoms with E-state index in [9.17, 15) is 5.11 Å². The Bertz CT molecular complexity index is 1120. The Kier molecular flexibility index (Phi) is 11.9. The molecule has 232 valence electrons. The molecule has 0 spiro atoms. The second kappa shape index (κ2) is 14.6. The van der Waals surface area contributed by atoms with Crippen LogP contribution < -0.4 is 0 Å². The zero-order chi connectivity index (χ0) is 31.0. The fourth-order valence-corrected chi connectivity index (χ4v) is 6.02. The zero-order valence-corrected chi connectivity index (χ0v) is 27.7. The third-order valence-electron chi connectivity index (χ3n) is 8.42. The van der Waals surface area contributed by atoms with Crippen molar-refractivity contribution >= 4 is 8.32 Å². The van der Waals surface area contributed by atoms with E-state index in [-0.39, 0.29) is 30.8 Å². The minimum absolute atomic E-state index is 0.0158. The van der Waals surface area contributed by atoms with Gasteiger partial charge in [0.1, 0.15) is 23.4 Å². The second-order valence-corrected chi connectivity index (χ2v) is 18.0. The first-order chi connectivity index (χ1) is 19.8. The van der Waals surface area contributed by atoms with Gasteiger partial charge in [0.15, 0.2) is 14.6 Å². The van der Waals surface area contributed by atoms with Crippen LogP contribution in [-0.2, 0) is 36.6 Å². The fourth-order valence-electron chi connectivity index (χ4n) is 4.99. The van der Waals surface area contributed by atoms with Gasteiger partial charge in [-0.2, -0.15) is 0 Å². The highest BCUT2D eigenvalue weighted by atomic mass is 28.4. The summed E-state index contributed by atoms with van der Waals surface area (Å²) in [6.45, 7) is 23.8. The van der Waals surface area contributed by atoms with E-state index in [0.717, 1.165) is 11.1 Å². The highest BCUT2D eigenvalue weighted by Gasteiger charge is 2.63. The highest BCUT2D eigenvalue weighted by Crippen LogP contribution is 2.46. The number of benzene rings is 2. The first-order valence-electron chi connectivity index (χ1n) is 15.0. The molecule has 2 aromatic rings. The van der Waals surface area contributed by atoms with Gasteiger partial charge in [-0.15, -0.1) is 13.2 Å². The number of hydrogen-bond acceptors (Lipinski definition) is 6. The Morgan fingerprint density at radius 2 is 1.38 bits per heavy atom. The molecule has 0 saturated carbocycles. The van der Waals surface area contributed by atoms with Crippen molar-refractivity contribution in [3.8, 4) is 0 Å². The zero-order valence-electron chi connectivity index (χ0n) is 26.7. The molecule has 42 heavy (non-hydrogen) atoms. The van der Waals surface area contributed by atoms with Gasteiger partial charge in [0.25, 0.3) is 0 Å². The van der Waals surface area contributed by atoms with E-state index in [4.69, 9.17) is 23.4 Å². The largest absolute Gasteiger partial charge is 0.414 e. The van der Waals surface area contributed by atoms with Gasteiger partial charge < -0.3 is 28.5 Å². The maximum atomic E-state index is 12.5. The van der Waals surface area contributed by atoms with Gasteiger partial charge >= 0.3 is 0 Å². The highest BCUT2D eigenvalue weighted by molar-refractivity contribution is 6.74. The molecule has 0 bridgehead atoms. The van der Waals surface area contributed by atoms with E-state index < -0.39 is 38.0 Å². The molecule has 1 saturated heterocycles. The van der Waals surface area contributed by atoms with Crippen molar-refractivity contribution in [1.29, 1.82) is 0 Å². The smallest absolute Gasteiger partial charge is 0.192 e. The lowest BCUT2D eigenvalue weighted by Gasteiger charge is -2.57. The summed E-state index contributed by atoms with van der Waals surface area (Å²) in [4.78, 5) is 0. The molecule has 3 rings (SSSR count). The minimum atomic E-state index is -2.21. The molecule has 6 nitrogen and oxygen atoms in total. The van der Waals surface area contributed by atoms with Crippen LogP contribution in [0.2, 0.25) is 18.1 Å². The summed E-state index contributed by atoms with van der Waals surface area (Å²) in [5.41, 5.74) is -0.630. The predicted molar refractivity (Wildman–Crippen MR) is 172 cm³/mol. The van der Waals surface area contributed by atoms with Crippen LogP contribution in [0.4, 0.5) is 0 Å². The summed E-state index contributed by atoms with van der Waals surface area (Å²) in [7, 11) is -2.21. The standard InChI is InChI=1S/C35H52O6Si/c1-10-22-34(26-39-42(8,9)33(5,6)7)30(37-24-28-18-14-12-15-19-28)31(38-25-29-20-16-13-17-21-29)35(36,23-11-2)32(41-34)40-27(3)4/h10-21,27,30-32,36H,1-2,22-26H2,3-9H3/t30-,31-,32+,34+,35-/m0/s1. The summed E-state index contributed by atoms with van der Waals surface area (Å²) < 4.78 is 33.5. The van der Waals surface area contributed by atoms with Crippen molar-refractivity contribution in [2.75, 3.05) is 6.61 Å². The van der Waals surface area contributed by atoms with Crippen LogP contribution in [-0.4, -0.2) is 55.8 Å². The summed E-state index contributed by atoms with van der Waals surface area (Å²) >= 11 is 0. The van der Waals surface area contributed by atoms with Crippen LogP contribution >= 0.6 is 0 Å². The van der Waals surface area contributed by atoms with E-state index >= 15 is 0 Å². The maximum absolute atomic E-state index is 12.5. The lowest BCUT2D eigenvalue weighted by molar-refractivity contribution is -0.387. The fraction of sp³-hybridized carbons (Fsp3) is 0.543. The van der Waals surface area contributed by atoms with Crippen molar-refractivity contribution in [3.63, 3.8) is 0 Å². The van der Waals surface area contributed by atoms with Crippen molar-refractivity contribution in [3.05, 3.63) is 97.1 Å². The second-order valence-electron chi connectivity index (χ2n) is 13.2. The van der Waals surface area contributed by atoms with Gasteiger partial charge in [0, 0.05) is 6.42 Å². The number of rotatable bonds is 15. The molecule has 7 heteroatoms. The lowest BCUT2D eigenvalue weighted by atomic mass is 9.76. The molecule has 1 heterocycles. The average molecular weight is 597 g/mol. The van der Waals surface area contributed by atoms with Gasteiger partial charge in [-0.3, -0.25) is 0 Å². The minimum Gasteiger partial charge on any atom is -0.414 e. The maximum Gasteiger partial charge on any atom is 0.192 e. The van der Waals surface area contributed by atoms with Gasteiger partial charge in [0.05, 0.1) is 25.9 Å². The molecule has 0 unspecified atom stereocenters. The molecule has 1 aliphatic heterocycles. The Hall–Kier alpha value is -2.10. The molecular weight excluding hydrogens is 544 g/mol. The topological polar surface area (TPSA) is 66.4 Å². The molecule has 0 aliphatic carbocycles. The molecule has 0 aromatic heterocycles. The SMILES string of the molecule is C=CC[C@]1(CO[Si](C)(C)C(C)(C)C)O[C@@H](OC(C)C)[C@](O)(CC=C)[C@@H](OCc2ccccc2)[C@@H]1OCc1ccccc1. The molecule has 0 amide bonds. The molecule has 1 N–H and O–H groups in total. The molecule has 2 aromatic carbocycles. The number of aliphatic hydroxyl groups is 1. The van der Waals surface area contributed by atoms with Crippen LogP contribution in [0.5, 0.6) is 0 Å². The average Bonchev–Trinajstić information content (AvgIpc) is 2.93. The van der Waals surface area contributed by atoms with E-state index in [2.05, 4.69) is 47.0 Å². The Morgan fingerprint density at radius 3 is 1.83 bits per heavy atom. The van der Waals surface area contributed by atoms with Crippen LogP contribution in [0.15, 0.2) is 86.0 Å². The van der Waals surface area contributed by atoms with Crippen LogP contribution in [0, 0.1) is 0 Å². The summed E-state index contributed by atoms with van der Waals surface area (Å²) in [6, 6.07) is 19.9. The van der Waals surface area contributed by atoms with Gasteiger partial charge in [-0.1, -0.05) is 93.6 Å². The van der Waals surface area contributed by atoms with Crippen molar-refractivity contribution in [2.24, 2.45) is 0 Å². The van der Waals surface area contributed by atoms with Crippen LogP contribution in [0.3, 0.4) is 0 Å². The third-order valence-corrected chi connectivity index (χ3v) is 12.9. The summed E-state index contributed by atoms with van der Waals surface area (Å²) in [5, 5.41) is 12.4. The van der Waals surface area contributed by atoms with Gasteiger partial charge in [0.2, 0.25) is 0 Å². The monoisotopic (exact) mass is 596 g/mol. The Labute approximate surface area is 254 Å². The Morgan fingerprint density at radius 1 is 0.881 bits per heavy atom. The molecule has 0 radical (unpaired) electrons. The normalized spacial score (nSPS) is 26.7. The van der Waals surface area contributed by atoms with Gasteiger partial charge in [-0.05, 0) is 49.5 Å². The molecule has 5 atom stereocenters. The lowest BCUT2D eigenvalue weighted by Crippen LogP contribution is -2.73. The first-order valence-corrected chi connectivity index (χ1v) is 17.9. The van der Waals surface area contributed by atoms with Crippen LogP contribution in [0.1, 0.15) is 58.6 Å². The molecule has 1 aliphatic rings. The van der Waals surface area contributed by atoms with Crippen molar-refractivity contribution in [2.45, 2.75) is 115 Å². The number of ether oxygens (including phenoxy) is 4. The predicted octanol–water partition coefficient (Wildman–Crippen LogP) is 7.58. The molecular formula is C35H52O6Si. The molecule has 1 fully saturated rings. The number of hydrogen-bond donors (Lipinski definition) is 1.